The van der Waals surface area contributed by atoms with Gasteiger partial charge in [0.1, 0.15) is 0 Å². The molecule has 1 aliphatic rings. The Morgan fingerprint density at radius 1 is 0.229 bits per heavy atom. The Morgan fingerprint density at radius 2 is 0.422 bits per heavy atom. The number of hydrogen-bond acceptors (Lipinski definition) is 3. The maximum Gasteiger partial charge on any atom is 0.0713 e. The van der Waals surface area contributed by atoms with Gasteiger partial charge in [-0.15, -0.1) is 0 Å². The zero-order chi connectivity index (χ0) is 58.8. The van der Waals surface area contributed by atoms with E-state index in [0.29, 0.717) is 0 Å². The summed E-state index contributed by atoms with van der Waals surface area (Å²) in [4.78, 5) is 7.19. The third kappa shape index (κ3) is 11.0. The Balaban J connectivity index is 1.06. The average molecular weight is 1090 g/mol. The van der Waals surface area contributed by atoms with E-state index in [4.69, 9.17) is 0 Å². The van der Waals surface area contributed by atoms with Crippen LogP contribution in [0.2, 0.25) is 0 Å². The molecule has 3 nitrogen and oxygen atoms in total. The van der Waals surface area contributed by atoms with Gasteiger partial charge in [0.15, 0.2) is 0 Å². The van der Waals surface area contributed by atoms with Crippen molar-refractivity contribution in [2.75, 3.05) is 14.7 Å². The highest BCUT2D eigenvalue weighted by molar-refractivity contribution is 5.88. The molecule has 3 heteroatoms. The molecule has 1 aliphatic carbocycles. The molecule has 0 saturated heterocycles. The van der Waals surface area contributed by atoms with Crippen LogP contribution in [0, 0.1) is 20.8 Å². The lowest BCUT2D eigenvalue weighted by Gasteiger charge is -2.35. The maximum absolute atomic E-state index is 2.43. The molecule has 0 bridgehead atoms. The summed E-state index contributed by atoms with van der Waals surface area (Å²) in [6.45, 7) is 34.0. The minimum atomic E-state index is -0.525. The van der Waals surface area contributed by atoms with E-state index >= 15 is 0 Å². The molecular weight excluding hydrogens is 1000 g/mol. The van der Waals surface area contributed by atoms with Gasteiger partial charge >= 0.3 is 0 Å². The van der Waals surface area contributed by atoms with Crippen LogP contribution in [0.4, 0.5) is 51.2 Å². The number of hydrogen-bond donors (Lipinski definition) is 0. The largest absolute Gasteiger partial charge is 0.311 e. The molecule has 0 atom stereocenters. The molecule has 0 amide bonds. The van der Waals surface area contributed by atoms with Gasteiger partial charge in [0, 0.05) is 51.2 Å². The molecule has 0 spiro atoms. The van der Waals surface area contributed by atoms with Gasteiger partial charge < -0.3 is 14.7 Å². The fourth-order valence-corrected chi connectivity index (χ4v) is 12.3. The van der Waals surface area contributed by atoms with Crippen LogP contribution in [-0.4, -0.2) is 0 Å². The lowest BCUT2D eigenvalue weighted by molar-refractivity contribution is 0.590. The number of anilines is 9. The Hall–Kier alpha value is -8.40. The van der Waals surface area contributed by atoms with E-state index in [9.17, 15) is 0 Å². The Labute approximate surface area is 497 Å². The predicted molar refractivity (Wildman–Crippen MR) is 357 cm³/mol. The quantitative estimate of drug-likeness (QED) is 0.128. The molecule has 0 radical (unpaired) electrons. The van der Waals surface area contributed by atoms with Crippen LogP contribution in [0.15, 0.2) is 231 Å². The van der Waals surface area contributed by atoms with Gasteiger partial charge in [-0.25, -0.2) is 0 Å². The Morgan fingerprint density at radius 3 is 0.651 bits per heavy atom. The first kappa shape index (κ1) is 56.5. The summed E-state index contributed by atoms with van der Waals surface area (Å²) in [7, 11) is 0. The maximum atomic E-state index is 2.43. The molecule has 0 fully saturated rings. The molecule has 10 aromatic carbocycles. The van der Waals surface area contributed by atoms with E-state index in [1.54, 1.807) is 0 Å². The second-order valence-corrected chi connectivity index (χ2v) is 27.5. The van der Waals surface area contributed by atoms with Crippen molar-refractivity contribution in [3.05, 3.63) is 292 Å². The normalized spacial score (nSPS) is 13.1. The molecule has 11 rings (SSSR count). The fourth-order valence-electron chi connectivity index (χ4n) is 12.3. The summed E-state index contributed by atoms with van der Waals surface area (Å²) in [5.74, 6) is 0. The van der Waals surface area contributed by atoms with E-state index in [1.165, 1.54) is 72.3 Å². The summed E-state index contributed by atoms with van der Waals surface area (Å²) in [6, 6.07) is 87.5. The summed E-state index contributed by atoms with van der Waals surface area (Å²) < 4.78 is 0. The third-order valence-corrected chi connectivity index (χ3v) is 17.2. The van der Waals surface area contributed by atoms with Gasteiger partial charge in [-0.1, -0.05) is 221 Å². The second kappa shape index (κ2) is 21.4. The number of nitrogens with zero attached hydrogens (tertiary/aromatic N) is 3. The topological polar surface area (TPSA) is 9.72 Å². The molecule has 0 aliphatic heterocycles. The van der Waals surface area contributed by atoms with Crippen LogP contribution in [0.5, 0.6) is 0 Å². The van der Waals surface area contributed by atoms with Gasteiger partial charge in [0.05, 0.1) is 5.41 Å². The first-order valence-electron chi connectivity index (χ1n) is 29.8. The van der Waals surface area contributed by atoms with Crippen LogP contribution >= 0.6 is 0 Å². The monoisotopic (exact) mass is 1090 g/mol. The van der Waals surface area contributed by atoms with E-state index in [2.05, 4.69) is 349 Å². The minimum absolute atomic E-state index is 0.0400. The van der Waals surface area contributed by atoms with Crippen molar-refractivity contribution in [3.8, 4) is 11.1 Å². The molecular formula is C80H83N3. The fraction of sp³-hybridized carbons (Fsp3) is 0.250. The highest BCUT2D eigenvalue weighted by Crippen LogP contribution is 2.57. The molecule has 0 saturated carbocycles. The minimum Gasteiger partial charge on any atom is -0.311 e. The molecule has 0 aromatic heterocycles. The van der Waals surface area contributed by atoms with Crippen LogP contribution < -0.4 is 14.7 Å². The first-order chi connectivity index (χ1) is 39.4. The highest BCUT2D eigenvalue weighted by Gasteiger charge is 2.46. The van der Waals surface area contributed by atoms with Crippen molar-refractivity contribution in [1.29, 1.82) is 0 Å². The lowest BCUT2D eigenvalue weighted by atomic mass is 9.67. The zero-order valence-corrected chi connectivity index (χ0v) is 51.8. The van der Waals surface area contributed by atoms with Gasteiger partial charge in [-0.05, 0) is 207 Å². The Kier molecular flexibility index (Phi) is 14.6. The van der Waals surface area contributed by atoms with E-state index < -0.39 is 5.41 Å². The smallest absolute Gasteiger partial charge is 0.0713 e. The van der Waals surface area contributed by atoms with Crippen molar-refractivity contribution in [3.63, 3.8) is 0 Å². The molecule has 0 N–H and O–H groups in total. The second-order valence-electron chi connectivity index (χ2n) is 27.5. The first-order valence-corrected chi connectivity index (χ1v) is 29.8. The van der Waals surface area contributed by atoms with Crippen LogP contribution in [0.25, 0.3) is 11.1 Å². The summed E-state index contributed by atoms with van der Waals surface area (Å²) in [6.07, 6.45) is 0. The van der Waals surface area contributed by atoms with Crippen molar-refractivity contribution in [2.24, 2.45) is 0 Å². The van der Waals surface area contributed by atoms with E-state index in [-0.39, 0.29) is 21.7 Å². The SMILES string of the molecule is Cc1ccc(C2(c3ccc(N(c4ccc(N(c5ccc(C(C)(C)C)cc5)c5ccc(C(C)(C)C)cc5)cc4)c4ccc(N(c5ccc(C(C)(C)C)cc5)c5ccc(C(C)(C)C)cc5)cc4)cc3)c3cc(C)ccc3-c3ccc(C)cc32)cc1. The standard InChI is InChI=1S/C80H83N3/c1-54-16-20-61(21-17-54)80(74-52-55(2)18-50-72(74)73-51-19-56(3)53-75(73)80)62-30-40-67(41-31-62)83(70-46-42-68(43-47-70)81(63-32-22-57(23-33-63)76(4,5)6)64-34-24-58(25-35-64)77(7,8)9)71-48-44-69(45-49-71)82(65-36-26-59(27-37-65)78(10,11)12)66-38-28-60(29-39-66)79(13,14)15/h16-53H,1-15H3. The van der Waals surface area contributed by atoms with Gasteiger partial charge in [0.2, 0.25) is 0 Å². The van der Waals surface area contributed by atoms with Gasteiger partial charge in [-0.2, -0.15) is 0 Å². The summed E-state index contributed by atoms with van der Waals surface area (Å²) >= 11 is 0. The van der Waals surface area contributed by atoms with Crippen LogP contribution in [0.1, 0.15) is 144 Å². The molecule has 0 heterocycles. The zero-order valence-electron chi connectivity index (χ0n) is 51.8. The van der Waals surface area contributed by atoms with Crippen molar-refractivity contribution < 1.29 is 0 Å². The number of benzene rings is 10. The molecule has 0 unspecified atom stereocenters. The van der Waals surface area contributed by atoms with Crippen molar-refractivity contribution in [1.82, 2.24) is 0 Å². The summed E-state index contributed by atoms with van der Waals surface area (Å²) in [5.41, 5.74) is 26.2. The molecule has 83 heavy (non-hydrogen) atoms. The van der Waals surface area contributed by atoms with Gasteiger partial charge in [0.25, 0.3) is 0 Å². The number of fused-ring (bicyclic) bond motifs is 3. The van der Waals surface area contributed by atoms with E-state index in [0.717, 1.165) is 51.2 Å². The molecule has 418 valence electrons. The van der Waals surface area contributed by atoms with E-state index in [1.807, 2.05) is 0 Å². The van der Waals surface area contributed by atoms with Crippen molar-refractivity contribution in [2.45, 2.75) is 131 Å². The van der Waals surface area contributed by atoms with Crippen molar-refractivity contribution >= 4 is 51.2 Å². The average Bonchev–Trinajstić information content (AvgIpc) is 1.79. The van der Waals surface area contributed by atoms with Crippen LogP contribution in [-0.2, 0) is 27.1 Å². The van der Waals surface area contributed by atoms with Crippen LogP contribution in [0.3, 0.4) is 0 Å². The lowest BCUT2D eigenvalue weighted by Crippen LogP contribution is -2.29. The Bertz CT molecular complexity index is 3570. The summed E-state index contributed by atoms with van der Waals surface area (Å²) in [5, 5.41) is 0. The highest BCUT2D eigenvalue weighted by atomic mass is 15.2. The third-order valence-electron chi connectivity index (χ3n) is 17.2. The number of aryl methyl sites for hydroxylation is 3. The molecule has 10 aromatic rings. The predicted octanol–water partition coefficient (Wildman–Crippen LogP) is 22.6. The van der Waals surface area contributed by atoms with Gasteiger partial charge in [-0.3, -0.25) is 0 Å². The number of rotatable bonds is 11.